The highest BCUT2D eigenvalue weighted by atomic mass is 32.2. The molecule has 0 bridgehead atoms. The van der Waals surface area contributed by atoms with Gasteiger partial charge >= 0.3 is 0 Å². The Morgan fingerprint density at radius 1 is 1.17 bits per heavy atom. The molecule has 5 rings (SSSR count). The lowest BCUT2D eigenvalue weighted by Crippen LogP contribution is -2.48. The van der Waals surface area contributed by atoms with Crippen LogP contribution in [0.1, 0.15) is 62.5 Å². The summed E-state index contributed by atoms with van der Waals surface area (Å²) in [5.41, 5.74) is 5.88. The van der Waals surface area contributed by atoms with Crippen molar-refractivity contribution in [2.75, 3.05) is 11.4 Å². The van der Waals surface area contributed by atoms with Gasteiger partial charge in [-0.15, -0.1) is 0 Å². The minimum Gasteiger partial charge on any atom is -0.467 e. The number of carbonyl (C=O) groups is 1. The first-order valence-corrected chi connectivity index (χ1v) is 13.4. The molecule has 1 unspecified atom stereocenters. The maximum atomic E-state index is 13.6. The van der Waals surface area contributed by atoms with Crippen molar-refractivity contribution in [1.29, 1.82) is 0 Å². The van der Waals surface area contributed by atoms with Crippen LogP contribution in [0.25, 0.3) is 6.08 Å². The smallest absolute Gasteiger partial charge is 0.267 e. The van der Waals surface area contributed by atoms with Gasteiger partial charge in [-0.2, -0.15) is 0 Å². The predicted octanol–water partition coefficient (Wildman–Crippen LogP) is 7.50. The van der Waals surface area contributed by atoms with Gasteiger partial charge in [0, 0.05) is 17.8 Å². The Morgan fingerprint density at radius 3 is 2.64 bits per heavy atom. The highest BCUT2D eigenvalue weighted by Crippen LogP contribution is 2.45. The average Bonchev–Trinajstić information content (AvgIpc) is 3.45. The second-order valence-electron chi connectivity index (χ2n) is 10.2. The Bertz CT molecular complexity index is 1330. The molecule has 1 fully saturated rings. The second-order valence-corrected chi connectivity index (χ2v) is 11.2. The molecule has 6 heteroatoms. The van der Waals surface area contributed by atoms with Gasteiger partial charge in [0.1, 0.15) is 5.76 Å². The Labute approximate surface area is 217 Å². The number of amidine groups is 1. The van der Waals surface area contributed by atoms with E-state index in [1.165, 1.54) is 28.6 Å². The standard InChI is InChI=1S/C30H33N3O2S/c1-6-33-26-15-20(2)22(16-25(26)21(3)18-30(33,4)5)17-27-28(34)32(19-24-13-10-14-35-24)29(36-27)31-23-11-8-7-9-12-23/h7-17,21H,6,18-19H2,1-5H3/b27-17+,31-29?. The second kappa shape index (κ2) is 9.66. The van der Waals surface area contributed by atoms with Crippen LogP contribution < -0.4 is 4.90 Å². The van der Waals surface area contributed by atoms with Crippen LogP contribution in [0, 0.1) is 6.92 Å². The summed E-state index contributed by atoms with van der Waals surface area (Å²) in [6.45, 7) is 12.7. The molecule has 0 radical (unpaired) electrons. The number of benzene rings is 2. The van der Waals surface area contributed by atoms with E-state index in [0.29, 0.717) is 22.5 Å². The third-order valence-electron chi connectivity index (χ3n) is 7.14. The van der Waals surface area contributed by atoms with Crippen LogP contribution in [0.5, 0.6) is 0 Å². The monoisotopic (exact) mass is 499 g/mol. The van der Waals surface area contributed by atoms with E-state index in [1.807, 2.05) is 48.5 Å². The van der Waals surface area contributed by atoms with E-state index >= 15 is 0 Å². The fourth-order valence-corrected chi connectivity index (χ4v) is 6.44. The largest absolute Gasteiger partial charge is 0.467 e. The molecule has 0 aliphatic carbocycles. The number of nitrogens with zero attached hydrogens (tertiary/aromatic N) is 3. The van der Waals surface area contributed by atoms with E-state index in [4.69, 9.17) is 9.41 Å². The fourth-order valence-electron chi connectivity index (χ4n) is 5.45. The molecule has 0 saturated carbocycles. The third-order valence-corrected chi connectivity index (χ3v) is 8.15. The molecule has 2 aliphatic rings. The quantitative estimate of drug-likeness (QED) is 0.341. The van der Waals surface area contributed by atoms with Crippen LogP contribution in [0.2, 0.25) is 0 Å². The third kappa shape index (κ3) is 4.62. The Balaban J connectivity index is 1.53. The number of hydrogen-bond acceptors (Lipinski definition) is 5. The summed E-state index contributed by atoms with van der Waals surface area (Å²) in [6, 6.07) is 18.1. The summed E-state index contributed by atoms with van der Waals surface area (Å²) < 4.78 is 5.54. The van der Waals surface area contributed by atoms with E-state index < -0.39 is 0 Å². The van der Waals surface area contributed by atoms with Gasteiger partial charge in [-0.3, -0.25) is 9.69 Å². The molecule has 0 spiro atoms. The summed E-state index contributed by atoms with van der Waals surface area (Å²) in [5, 5.41) is 0.664. The van der Waals surface area contributed by atoms with Gasteiger partial charge in [-0.1, -0.05) is 25.1 Å². The van der Waals surface area contributed by atoms with E-state index in [-0.39, 0.29) is 11.4 Å². The number of fused-ring (bicyclic) bond motifs is 1. The van der Waals surface area contributed by atoms with Crippen LogP contribution >= 0.6 is 11.8 Å². The summed E-state index contributed by atoms with van der Waals surface area (Å²) in [6.07, 6.45) is 4.77. The molecule has 1 saturated heterocycles. The Morgan fingerprint density at radius 2 is 1.94 bits per heavy atom. The van der Waals surface area contributed by atoms with Crippen LogP contribution in [-0.4, -0.2) is 28.1 Å². The van der Waals surface area contributed by atoms with Crippen LogP contribution in [-0.2, 0) is 11.3 Å². The highest BCUT2D eigenvalue weighted by Gasteiger charge is 2.37. The molecular formula is C30H33N3O2S. The van der Waals surface area contributed by atoms with Gasteiger partial charge < -0.3 is 9.32 Å². The van der Waals surface area contributed by atoms with Crippen molar-refractivity contribution < 1.29 is 9.21 Å². The van der Waals surface area contributed by atoms with E-state index in [1.54, 1.807) is 11.2 Å². The normalized spacial score (nSPS) is 21.5. The minimum atomic E-state index is -0.0485. The number of rotatable bonds is 5. The zero-order valence-corrected chi connectivity index (χ0v) is 22.4. The van der Waals surface area contributed by atoms with Crippen molar-refractivity contribution in [3.05, 3.63) is 88.2 Å². The summed E-state index contributed by atoms with van der Waals surface area (Å²) in [7, 11) is 0. The Hall–Kier alpha value is -3.25. The first kappa shape index (κ1) is 24.4. The van der Waals surface area contributed by atoms with Gasteiger partial charge in [0.15, 0.2) is 5.17 Å². The lowest BCUT2D eigenvalue weighted by Gasteiger charge is -2.47. The van der Waals surface area contributed by atoms with Gasteiger partial charge in [-0.05, 0) is 111 Å². The molecular weight excluding hydrogens is 466 g/mol. The average molecular weight is 500 g/mol. The molecule has 36 heavy (non-hydrogen) atoms. The SMILES string of the molecule is CCN1c2cc(C)c(/C=C3/SC(=Nc4ccccc4)N(Cc4ccco4)C3=O)cc2C(C)CC1(C)C. The molecule has 3 aromatic rings. The molecule has 2 aliphatic heterocycles. The van der Waals surface area contributed by atoms with Crippen molar-refractivity contribution in [2.24, 2.45) is 4.99 Å². The zero-order valence-electron chi connectivity index (χ0n) is 21.6. The predicted molar refractivity (Wildman–Crippen MR) is 150 cm³/mol. The fraction of sp³-hybridized carbons (Fsp3) is 0.333. The van der Waals surface area contributed by atoms with E-state index in [2.05, 4.69) is 51.7 Å². The number of furan rings is 1. The number of thioether (sulfide) groups is 1. The maximum Gasteiger partial charge on any atom is 0.267 e. The summed E-state index contributed by atoms with van der Waals surface area (Å²) >= 11 is 1.43. The molecule has 2 aromatic carbocycles. The first-order valence-electron chi connectivity index (χ1n) is 12.6. The van der Waals surface area contributed by atoms with Crippen molar-refractivity contribution in [3.63, 3.8) is 0 Å². The number of carbonyl (C=O) groups excluding carboxylic acids is 1. The maximum absolute atomic E-state index is 13.6. The number of para-hydroxylation sites is 1. The van der Waals surface area contributed by atoms with Crippen LogP contribution in [0.4, 0.5) is 11.4 Å². The Kier molecular flexibility index (Phi) is 6.56. The van der Waals surface area contributed by atoms with Gasteiger partial charge in [0.2, 0.25) is 0 Å². The molecule has 1 aromatic heterocycles. The molecule has 186 valence electrons. The minimum absolute atomic E-state index is 0.0485. The number of anilines is 1. The lowest BCUT2D eigenvalue weighted by atomic mass is 9.79. The van der Waals surface area contributed by atoms with Gasteiger partial charge in [0.25, 0.3) is 5.91 Å². The van der Waals surface area contributed by atoms with Crippen molar-refractivity contribution >= 4 is 40.3 Å². The molecule has 3 heterocycles. The molecule has 1 amide bonds. The van der Waals surface area contributed by atoms with Gasteiger partial charge in [-0.25, -0.2) is 4.99 Å². The first-order chi connectivity index (χ1) is 17.3. The highest BCUT2D eigenvalue weighted by molar-refractivity contribution is 8.18. The summed E-state index contributed by atoms with van der Waals surface area (Å²) in [4.78, 5) is 23.3. The summed E-state index contributed by atoms with van der Waals surface area (Å²) in [5.74, 6) is 1.13. The van der Waals surface area contributed by atoms with Crippen molar-refractivity contribution in [3.8, 4) is 0 Å². The molecule has 5 nitrogen and oxygen atoms in total. The number of aliphatic imine (C=N–C) groups is 1. The molecule has 1 atom stereocenters. The number of amides is 1. The molecule has 0 N–H and O–H groups in total. The number of aryl methyl sites for hydroxylation is 1. The van der Waals surface area contributed by atoms with E-state index in [9.17, 15) is 4.79 Å². The van der Waals surface area contributed by atoms with Crippen LogP contribution in [0.15, 0.2) is 75.2 Å². The van der Waals surface area contributed by atoms with Crippen LogP contribution in [0.3, 0.4) is 0 Å². The topological polar surface area (TPSA) is 49.0 Å². The van der Waals surface area contributed by atoms with E-state index in [0.717, 1.165) is 30.0 Å². The van der Waals surface area contributed by atoms with Gasteiger partial charge in [0.05, 0.1) is 23.4 Å². The lowest BCUT2D eigenvalue weighted by molar-refractivity contribution is -0.122. The van der Waals surface area contributed by atoms with Crippen molar-refractivity contribution in [1.82, 2.24) is 4.90 Å². The zero-order chi connectivity index (χ0) is 25.4. The number of hydrogen-bond donors (Lipinski definition) is 0. The van der Waals surface area contributed by atoms with Crippen molar-refractivity contribution in [2.45, 2.75) is 59.0 Å².